The van der Waals surface area contributed by atoms with Gasteiger partial charge in [-0.25, -0.2) is 15.0 Å². The predicted molar refractivity (Wildman–Crippen MR) is 162 cm³/mol. The molecule has 14 nitrogen and oxygen atoms in total. The number of methoxy groups -OCH3 is 1. The first-order valence-corrected chi connectivity index (χ1v) is 13.7. The Morgan fingerprint density at radius 1 is 1.07 bits per heavy atom. The molecule has 45 heavy (non-hydrogen) atoms. The van der Waals surface area contributed by atoms with Crippen LogP contribution < -0.4 is 30.3 Å². The summed E-state index contributed by atoms with van der Waals surface area (Å²) in [6.07, 6.45) is 1.44. The molecule has 0 bridgehead atoms. The lowest BCUT2D eigenvalue weighted by molar-refractivity contribution is -0.384. The van der Waals surface area contributed by atoms with Crippen molar-refractivity contribution in [1.29, 1.82) is 0 Å². The third-order valence-electron chi connectivity index (χ3n) is 6.46. The van der Waals surface area contributed by atoms with Crippen LogP contribution in [0.4, 0.5) is 10.5 Å². The molecule has 4 rings (SSSR count). The van der Waals surface area contributed by atoms with Crippen LogP contribution in [-0.2, 0) is 20.9 Å². The van der Waals surface area contributed by atoms with Gasteiger partial charge in [-0.1, -0.05) is 18.2 Å². The van der Waals surface area contributed by atoms with Gasteiger partial charge in [0.2, 0.25) is 0 Å². The number of hydrogen-bond acceptors (Lipinski definition) is 10. The number of nitro benzene ring substituents is 1. The number of rotatable bonds is 13. The summed E-state index contributed by atoms with van der Waals surface area (Å²) in [5.74, 6) is -0.00582. The number of esters is 1. The minimum atomic E-state index is -0.787. The van der Waals surface area contributed by atoms with Gasteiger partial charge in [0.1, 0.15) is 12.4 Å². The summed E-state index contributed by atoms with van der Waals surface area (Å²) in [6.45, 7) is 3.32. The van der Waals surface area contributed by atoms with Gasteiger partial charge in [-0.3, -0.25) is 14.9 Å². The molecule has 1 atom stereocenters. The van der Waals surface area contributed by atoms with Gasteiger partial charge in [0.05, 0.1) is 36.5 Å². The van der Waals surface area contributed by atoms with E-state index in [4.69, 9.17) is 18.9 Å². The number of urea groups is 1. The van der Waals surface area contributed by atoms with Crippen molar-refractivity contribution >= 4 is 29.8 Å². The van der Waals surface area contributed by atoms with E-state index in [0.717, 1.165) is 5.56 Å². The summed E-state index contributed by atoms with van der Waals surface area (Å²) in [6, 6.07) is 16.6. The molecule has 0 aromatic heterocycles. The normalized spacial score (nSPS) is 14.3. The monoisotopic (exact) mass is 617 g/mol. The Kier molecular flexibility index (Phi) is 10.7. The van der Waals surface area contributed by atoms with Gasteiger partial charge < -0.3 is 29.6 Å². The van der Waals surface area contributed by atoms with Crippen LogP contribution in [0, 0.1) is 10.1 Å². The number of nitrogens with one attached hydrogen (secondary N) is 3. The van der Waals surface area contributed by atoms with Gasteiger partial charge >= 0.3 is 12.0 Å². The van der Waals surface area contributed by atoms with E-state index >= 15 is 0 Å². The quantitative estimate of drug-likeness (QED) is 0.111. The van der Waals surface area contributed by atoms with Crippen LogP contribution in [-0.4, -0.2) is 49.4 Å². The molecule has 0 fully saturated rings. The molecule has 3 aromatic rings. The molecule has 0 aliphatic carbocycles. The number of carbonyl (C=O) groups excluding carboxylic acids is 3. The third-order valence-corrected chi connectivity index (χ3v) is 6.46. The maximum atomic E-state index is 12.6. The second kappa shape index (κ2) is 15.0. The van der Waals surface area contributed by atoms with Gasteiger partial charge in [0.15, 0.2) is 18.1 Å². The van der Waals surface area contributed by atoms with Gasteiger partial charge in [-0.2, -0.15) is 5.10 Å². The van der Waals surface area contributed by atoms with E-state index in [2.05, 4.69) is 21.2 Å². The molecule has 0 unspecified atom stereocenters. The molecule has 3 N–H and O–H groups in total. The molecule has 0 saturated heterocycles. The first-order valence-electron chi connectivity index (χ1n) is 13.7. The highest BCUT2D eigenvalue weighted by Crippen LogP contribution is 2.34. The minimum Gasteiger partial charge on any atom is -0.493 e. The number of carbonyl (C=O) groups is 3. The van der Waals surface area contributed by atoms with Crippen molar-refractivity contribution in [3.8, 4) is 17.2 Å². The maximum absolute atomic E-state index is 12.6. The fourth-order valence-electron chi connectivity index (χ4n) is 4.33. The molecule has 1 aliphatic heterocycles. The second-order valence-electron chi connectivity index (χ2n) is 9.57. The lowest BCUT2D eigenvalue weighted by Gasteiger charge is -2.28. The number of hydrogen-bond donors (Lipinski definition) is 3. The molecule has 0 radical (unpaired) electrons. The highest BCUT2D eigenvalue weighted by atomic mass is 16.6. The summed E-state index contributed by atoms with van der Waals surface area (Å²) in [5.41, 5.74) is 5.00. The van der Waals surface area contributed by atoms with Gasteiger partial charge in [-0.05, 0) is 66.9 Å². The van der Waals surface area contributed by atoms with E-state index in [1.807, 2.05) is 0 Å². The van der Waals surface area contributed by atoms with Crippen molar-refractivity contribution < 1.29 is 38.3 Å². The summed E-state index contributed by atoms with van der Waals surface area (Å²) in [5, 5.41) is 20.1. The van der Waals surface area contributed by atoms with Crippen LogP contribution in [0.2, 0.25) is 0 Å². The molecule has 3 amide bonds. The zero-order valence-corrected chi connectivity index (χ0v) is 24.7. The Bertz CT molecular complexity index is 1640. The van der Waals surface area contributed by atoms with Crippen molar-refractivity contribution in [1.82, 2.24) is 16.1 Å². The van der Waals surface area contributed by atoms with Crippen LogP contribution in [0.3, 0.4) is 0 Å². The molecular formula is C31H31N5O9. The van der Waals surface area contributed by atoms with E-state index in [9.17, 15) is 24.5 Å². The standard InChI is InChI=1S/C31H31N5O9/c1-4-43-30(38)28-19(2)33-31(39)34-29(28)22-10-13-25(26(15-22)42-3)45-18-27(37)35-32-16-21-6-5-7-24(14-21)44-17-20-8-11-23(12-9-20)36(40)41/h5-16,29H,4,17-18H2,1-3H3,(H,35,37)(H2,33,34,39)/b32-16+/t29-/m1/s1. The van der Waals surface area contributed by atoms with Crippen molar-refractivity contribution in [2.45, 2.75) is 26.5 Å². The van der Waals surface area contributed by atoms with E-state index < -0.39 is 28.9 Å². The van der Waals surface area contributed by atoms with Crippen LogP contribution in [0.25, 0.3) is 0 Å². The number of benzene rings is 3. The summed E-state index contributed by atoms with van der Waals surface area (Å²) < 4.78 is 22.0. The third kappa shape index (κ3) is 8.56. The predicted octanol–water partition coefficient (Wildman–Crippen LogP) is 3.90. The molecule has 0 saturated carbocycles. The van der Waals surface area contributed by atoms with Crippen LogP contribution in [0.1, 0.15) is 36.6 Å². The van der Waals surface area contributed by atoms with E-state index in [1.54, 1.807) is 68.4 Å². The zero-order chi connectivity index (χ0) is 32.3. The molecule has 3 aromatic carbocycles. The highest BCUT2D eigenvalue weighted by molar-refractivity contribution is 5.95. The number of nitro groups is 1. The molecular weight excluding hydrogens is 586 g/mol. The van der Waals surface area contributed by atoms with E-state index in [1.165, 1.54) is 25.5 Å². The molecule has 1 heterocycles. The fraction of sp³-hybridized carbons (Fsp3) is 0.226. The van der Waals surface area contributed by atoms with Crippen LogP contribution in [0.5, 0.6) is 17.2 Å². The first-order chi connectivity index (χ1) is 21.7. The van der Waals surface area contributed by atoms with Crippen molar-refractivity contribution in [3.05, 3.63) is 105 Å². The Balaban J connectivity index is 1.32. The van der Waals surface area contributed by atoms with E-state index in [0.29, 0.717) is 22.6 Å². The van der Waals surface area contributed by atoms with Gasteiger partial charge in [0.25, 0.3) is 11.6 Å². The zero-order valence-electron chi connectivity index (χ0n) is 24.7. The van der Waals surface area contributed by atoms with Crippen LogP contribution in [0.15, 0.2) is 83.1 Å². The summed E-state index contributed by atoms with van der Waals surface area (Å²) in [4.78, 5) is 47.5. The fourth-order valence-corrected chi connectivity index (χ4v) is 4.33. The number of non-ortho nitro benzene ring substituents is 1. The number of allylic oxidation sites excluding steroid dienone is 1. The maximum Gasteiger partial charge on any atom is 0.338 e. The average Bonchev–Trinajstić information content (AvgIpc) is 3.02. The molecule has 1 aliphatic rings. The average molecular weight is 618 g/mol. The second-order valence-corrected chi connectivity index (χ2v) is 9.57. The Morgan fingerprint density at radius 3 is 2.56 bits per heavy atom. The van der Waals surface area contributed by atoms with Crippen molar-refractivity contribution in [3.63, 3.8) is 0 Å². The van der Waals surface area contributed by atoms with Crippen LogP contribution >= 0.6 is 0 Å². The number of hydrazone groups is 1. The lowest BCUT2D eigenvalue weighted by Crippen LogP contribution is -2.45. The Labute approximate surface area is 258 Å². The SMILES string of the molecule is CCOC(=O)C1=C(C)NC(=O)N[C@@H]1c1ccc(OCC(=O)N/N=C/c2cccc(OCc3ccc([N+](=O)[O-])cc3)c2)c(OC)c1. The molecule has 234 valence electrons. The van der Waals surface area contributed by atoms with Gasteiger partial charge in [-0.15, -0.1) is 0 Å². The first kappa shape index (κ1) is 32.0. The minimum absolute atomic E-state index is 0.00371. The lowest BCUT2D eigenvalue weighted by atomic mass is 9.95. The summed E-state index contributed by atoms with van der Waals surface area (Å²) >= 11 is 0. The summed E-state index contributed by atoms with van der Waals surface area (Å²) in [7, 11) is 1.43. The van der Waals surface area contributed by atoms with Crippen molar-refractivity contribution in [2.75, 3.05) is 20.3 Å². The van der Waals surface area contributed by atoms with E-state index in [-0.39, 0.29) is 42.6 Å². The number of amides is 3. The Hall–Kier alpha value is -5.92. The largest absolute Gasteiger partial charge is 0.493 e. The smallest absolute Gasteiger partial charge is 0.338 e. The molecule has 0 spiro atoms. The van der Waals surface area contributed by atoms with Crippen molar-refractivity contribution in [2.24, 2.45) is 5.10 Å². The Morgan fingerprint density at radius 2 is 1.84 bits per heavy atom. The van der Waals surface area contributed by atoms with Gasteiger partial charge in [0, 0.05) is 17.8 Å². The molecule has 14 heteroatoms. The number of nitrogens with zero attached hydrogens (tertiary/aromatic N) is 2. The topological polar surface area (TPSA) is 180 Å². The number of ether oxygens (including phenoxy) is 4. The highest BCUT2D eigenvalue weighted by Gasteiger charge is 2.32.